The van der Waals surface area contributed by atoms with Crippen LogP contribution in [0.25, 0.3) is 0 Å². The smallest absolute Gasteiger partial charge is 0.233 e. The first kappa shape index (κ1) is 18.3. The highest BCUT2D eigenvalue weighted by atomic mass is 32.2. The molecular weight excluding hydrogens is 356 g/mol. The molecule has 2 heterocycles. The van der Waals surface area contributed by atoms with Crippen molar-refractivity contribution >= 4 is 34.1 Å². The number of hydrogen-bond acceptors (Lipinski definition) is 7. The molecular formula is C17H24N4O2S2. The molecule has 0 bridgehead atoms. The summed E-state index contributed by atoms with van der Waals surface area (Å²) in [5.74, 6) is 2.23. The maximum absolute atomic E-state index is 12.4. The zero-order chi connectivity index (χ0) is 17.6. The molecule has 0 radical (unpaired) electrons. The molecule has 2 aromatic rings. The average molecular weight is 381 g/mol. The fourth-order valence-corrected chi connectivity index (χ4v) is 4.65. The van der Waals surface area contributed by atoms with Crippen molar-refractivity contribution in [1.29, 1.82) is 0 Å². The van der Waals surface area contributed by atoms with Gasteiger partial charge in [0.2, 0.25) is 11.0 Å². The molecule has 1 amide bonds. The van der Waals surface area contributed by atoms with Crippen LogP contribution in [0.4, 0.5) is 5.13 Å². The van der Waals surface area contributed by atoms with Gasteiger partial charge in [0, 0.05) is 13.1 Å². The Labute approximate surface area is 156 Å². The number of thioether (sulfide) groups is 1. The van der Waals surface area contributed by atoms with E-state index in [2.05, 4.69) is 22.4 Å². The third-order valence-electron chi connectivity index (χ3n) is 4.65. The average Bonchev–Trinajstić information content (AvgIpc) is 3.29. The van der Waals surface area contributed by atoms with Crippen LogP contribution in [0.2, 0.25) is 0 Å². The van der Waals surface area contributed by atoms with Gasteiger partial charge in [0.15, 0.2) is 4.34 Å². The Morgan fingerprint density at radius 3 is 2.92 bits per heavy atom. The van der Waals surface area contributed by atoms with Gasteiger partial charge in [0.05, 0.1) is 18.6 Å². The molecule has 136 valence electrons. The summed E-state index contributed by atoms with van der Waals surface area (Å²) in [6.07, 6.45) is 6.32. The Kier molecular flexibility index (Phi) is 6.36. The van der Waals surface area contributed by atoms with E-state index >= 15 is 0 Å². The van der Waals surface area contributed by atoms with Gasteiger partial charge in [0.25, 0.3) is 0 Å². The van der Waals surface area contributed by atoms with Crippen LogP contribution in [0.1, 0.15) is 38.4 Å². The molecule has 2 aromatic heterocycles. The van der Waals surface area contributed by atoms with Crippen molar-refractivity contribution in [2.75, 3.05) is 18.1 Å². The summed E-state index contributed by atoms with van der Waals surface area (Å²) in [5.41, 5.74) is 0. The monoisotopic (exact) mass is 380 g/mol. The van der Waals surface area contributed by atoms with Gasteiger partial charge in [-0.25, -0.2) is 0 Å². The van der Waals surface area contributed by atoms with Crippen molar-refractivity contribution in [2.45, 2.75) is 49.5 Å². The van der Waals surface area contributed by atoms with Gasteiger partial charge in [-0.2, -0.15) is 0 Å². The summed E-state index contributed by atoms with van der Waals surface area (Å²) in [6, 6.07) is 4.15. The van der Waals surface area contributed by atoms with Crippen LogP contribution >= 0.6 is 23.1 Å². The van der Waals surface area contributed by atoms with Gasteiger partial charge in [-0.1, -0.05) is 30.0 Å². The molecule has 1 saturated carbocycles. The van der Waals surface area contributed by atoms with E-state index < -0.39 is 0 Å². The van der Waals surface area contributed by atoms with Gasteiger partial charge < -0.3 is 14.6 Å². The van der Waals surface area contributed by atoms with Crippen LogP contribution < -0.4 is 5.32 Å². The van der Waals surface area contributed by atoms with Crippen LogP contribution in [0, 0.1) is 5.92 Å². The van der Waals surface area contributed by atoms with Crippen molar-refractivity contribution < 1.29 is 9.21 Å². The molecule has 0 aromatic carbocycles. The summed E-state index contributed by atoms with van der Waals surface area (Å²) in [4.78, 5) is 14.3. The number of carbonyl (C=O) groups is 1. The Morgan fingerprint density at radius 1 is 1.40 bits per heavy atom. The number of amides is 1. The highest BCUT2D eigenvalue weighted by Gasteiger charge is 2.24. The Morgan fingerprint density at radius 2 is 2.20 bits per heavy atom. The first-order valence-electron chi connectivity index (χ1n) is 8.60. The van der Waals surface area contributed by atoms with Gasteiger partial charge >= 0.3 is 0 Å². The standard InChI is InChI=1S/C17H24N4O2S2/c1-12-5-7-13(8-6-12)21(2)15(22)11-24-17-20-19-16(25-17)18-10-14-4-3-9-23-14/h3-4,9,12-13H,5-8,10-11H2,1-2H3,(H,18,19). The maximum atomic E-state index is 12.4. The minimum atomic E-state index is 0.171. The molecule has 1 N–H and O–H groups in total. The van der Waals surface area contributed by atoms with E-state index in [9.17, 15) is 4.79 Å². The van der Waals surface area contributed by atoms with E-state index in [1.54, 1.807) is 6.26 Å². The molecule has 0 aliphatic heterocycles. The van der Waals surface area contributed by atoms with Crippen molar-refractivity contribution in [1.82, 2.24) is 15.1 Å². The third kappa shape index (κ3) is 5.22. The Bertz CT molecular complexity index is 666. The van der Waals surface area contributed by atoms with Crippen LogP contribution in [0.3, 0.4) is 0 Å². The molecule has 8 heteroatoms. The summed E-state index contributed by atoms with van der Waals surface area (Å²) < 4.78 is 6.08. The quantitative estimate of drug-likeness (QED) is 0.735. The predicted molar refractivity (Wildman–Crippen MR) is 101 cm³/mol. The first-order chi connectivity index (χ1) is 12.1. The van der Waals surface area contributed by atoms with Crippen molar-refractivity contribution in [2.24, 2.45) is 5.92 Å². The number of furan rings is 1. The van der Waals surface area contributed by atoms with Crippen molar-refractivity contribution in [3.05, 3.63) is 24.2 Å². The number of nitrogens with zero attached hydrogens (tertiary/aromatic N) is 3. The summed E-state index contributed by atoms with van der Waals surface area (Å²) in [5, 5.41) is 12.2. The summed E-state index contributed by atoms with van der Waals surface area (Å²) in [7, 11) is 1.93. The van der Waals surface area contributed by atoms with Crippen LogP contribution in [-0.2, 0) is 11.3 Å². The SMILES string of the molecule is CC1CCC(N(C)C(=O)CSc2nnc(NCc3ccco3)s2)CC1. The van der Waals surface area contributed by atoms with E-state index in [0.717, 1.165) is 34.0 Å². The molecule has 1 fully saturated rings. The summed E-state index contributed by atoms with van der Waals surface area (Å²) >= 11 is 2.92. The zero-order valence-electron chi connectivity index (χ0n) is 14.6. The van der Waals surface area contributed by atoms with Gasteiger partial charge in [0.1, 0.15) is 5.76 Å². The second kappa shape index (κ2) is 8.71. The van der Waals surface area contributed by atoms with Crippen molar-refractivity contribution in [3.63, 3.8) is 0 Å². The largest absolute Gasteiger partial charge is 0.467 e. The second-order valence-corrected chi connectivity index (χ2v) is 8.71. The minimum Gasteiger partial charge on any atom is -0.467 e. The minimum absolute atomic E-state index is 0.171. The number of aromatic nitrogens is 2. The number of nitrogens with one attached hydrogen (secondary N) is 1. The molecule has 0 unspecified atom stereocenters. The first-order valence-corrected chi connectivity index (χ1v) is 10.4. The fraction of sp³-hybridized carbons (Fsp3) is 0.588. The highest BCUT2D eigenvalue weighted by Crippen LogP contribution is 2.29. The molecule has 1 aliphatic carbocycles. The second-order valence-electron chi connectivity index (χ2n) is 6.51. The normalized spacial score (nSPS) is 20.4. The molecule has 1 aliphatic rings. The molecule has 3 rings (SSSR count). The third-order valence-corrected chi connectivity index (χ3v) is 6.65. The Balaban J connectivity index is 1.42. The van der Waals surface area contributed by atoms with E-state index in [4.69, 9.17) is 4.42 Å². The van der Waals surface area contributed by atoms with Gasteiger partial charge in [-0.3, -0.25) is 4.79 Å². The van der Waals surface area contributed by atoms with Crippen molar-refractivity contribution in [3.8, 4) is 0 Å². The van der Waals surface area contributed by atoms with Crippen LogP contribution in [0.5, 0.6) is 0 Å². The lowest BCUT2D eigenvalue weighted by Crippen LogP contribution is -2.40. The lowest BCUT2D eigenvalue weighted by molar-refractivity contribution is -0.129. The maximum Gasteiger partial charge on any atom is 0.233 e. The van der Waals surface area contributed by atoms with Gasteiger partial charge in [-0.15, -0.1) is 10.2 Å². The lowest BCUT2D eigenvalue weighted by Gasteiger charge is -2.33. The van der Waals surface area contributed by atoms with Crippen LogP contribution in [0.15, 0.2) is 27.2 Å². The van der Waals surface area contributed by atoms with E-state index in [1.807, 2.05) is 24.1 Å². The molecule has 0 saturated heterocycles. The van der Waals surface area contributed by atoms with E-state index in [1.165, 1.54) is 35.9 Å². The number of hydrogen-bond donors (Lipinski definition) is 1. The number of anilines is 1. The van der Waals surface area contributed by atoms with Gasteiger partial charge in [-0.05, 0) is 43.7 Å². The Hall–Kier alpha value is -1.54. The molecule has 0 spiro atoms. The molecule has 0 atom stereocenters. The molecule has 25 heavy (non-hydrogen) atoms. The number of carbonyl (C=O) groups excluding carboxylic acids is 1. The topological polar surface area (TPSA) is 71.3 Å². The predicted octanol–water partition coefficient (Wildman–Crippen LogP) is 3.87. The fourth-order valence-electron chi connectivity index (χ4n) is 2.97. The highest BCUT2D eigenvalue weighted by molar-refractivity contribution is 8.01. The molecule has 6 nitrogen and oxygen atoms in total. The van der Waals surface area contributed by atoms with E-state index in [0.29, 0.717) is 18.3 Å². The van der Waals surface area contributed by atoms with Crippen LogP contribution in [-0.4, -0.2) is 39.8 Å². The lowest BCUT2D eigenvalue weighted by atomic mass is 9.87. The number of rotatable bonds is 7. The summed E-state index contributed by atoms with van der Waals surface area (Å²) in [6.45, 7) is 2.87. The zero-order valence-corrected chi connectivity index (χ0v) is 16.2. The van der Waals surface area contributed by atoms with E-state index in [-0.39, 0.29) is 5.91 Å².